The van der Waals surface area contributed by atoms with Crippen LogP contribution in [-0.2, 0) is 17.8 Å². The SMILES string of the molecule is O=C(c1ccc2c(c1)CCCO2)N1CCC2(CCN(Cc3ccccn3)C2=O)C1. The lowest BCUT2D eigenvalue weighted by molar-refractivity contribution is -0.135. The van der Waals surface area contributed by atoms with Crippen molar-refractivity contribution in [2.24, 2.45) is 5.41 Å². The first-order valence-electron chi connectivity index (χ1n) is 10.4. The number of benzene rings is 1. The number of aryl methyl sites for hydroxylation is 1. The number of carbonyl (C=O) groups is 2. The van der Waals surface area contributed by atoms with Crippen molar-refractivity contribution < 1.29 is 14.3 Å². The van der Waals surface area contributed by atoms with E-state index < -0.39 is 5.41 Å². The van der Waals surface area contributed by atoms with E-state index in [9.17, 15) is 9.59 Å². The van der Waals surface area contributed by atoms with Crippen LogP contribution in [0.5, 0.6) is 5.75 Å². The van der Waals surface area contributed by atoms with Crippen LogP contribution in [0, 0.1) is 5.41 Å². The molecule has 3 aliphatic heterocycles. The smallest absolute Gasteiger partial charge is 0.253 e. The minimum absolute atomic E-state index is 0.0197. The van der Waals surface area contributed by atoms with E-state index in [-0.39, 0.29) is 11.8 Å². The molecular weight excluding hydrogens is 366 g/mol. The molecule has 2 saturated heterocycles. The molecule has 150 valence electrons. The van der Waals surface area contributed by atoms with Gasteiger partial charge in [0.15, 0.2) is 0 Å². The first-order valence-corrected chi connectivity index (χ1v) is 10.4. The Bertz CT molecular complexity index is 946. The van der Waals surface area contributed by atoms with Gasteiger partial charge < -0.3 is 14.5 Å². The van der Waals surface area contributed by atoms with Crippen molar-refractivity contribution >= 4 is 11.8 Å². The molecule has 0 radical (unpaired) electrons. The quantitative estimate of drug-likeness (QED) is 0.807. The number of likely N-dealkylation sites (tertiary alicyclic amines) is 2. The van der Waals surface area contributed by atoms with Crippen molar-refractivity contribution in [3.8, 4) is 5.75 Å². The molecule has 5 rings (SSSR count). The number of hydrogen-bond acceptors (Lipinski definition) is 4. The Hall–Kier alpha value is -2.89. The van der Waals surface area contributed by atoms with Crippen LogP contribution in [0.4, 0.5) is 0 Å². The highest BCUT2D eigenvalue weighted by Crippen LogP contribution is 2.41. The number of carbonyl (C=O) groups excluding carboxylic acids is 2. The summed E-state index contributed by atoms with van der Waals surface area (Å²) in [4.78, 5) is 34.4. The topological polar surface area (TPSA) is 62.7 Å². The van der Waals surface area contributed by atoms with Gasteiger partial charge in [0.2, 0.25) is 5.91 Å². The summed E-state index contributed by atoms with van der Waals surface area (Å²) in [6.45, 7) is 3.16. The second-order valence-electron chi connectivity index (χ2n) is 8.33. The van der Waals surface area contributed by atoms with Gasteiger partial charge in [-0.2, -0.15) is 0 Å². The Balaban J connectivity index is 1.28. The number of amides is 2. The molecular formula is C23H25N3O3. The van der Waals surface area contributed by atoms with Crippen LogP contribution in [0.25, 0.3) is 0 Å². The van der Waals surface area contributed by atoms with Crippen molar-refractivity contribution in [2.45, 2.75) is 32.2 Å². The van der Waals surface area contributed by atoms with Crippen molar-refractivity contribution in [2.75, 3.05) is 26.2 Å². The third kappa shape index (κ3) is 3.26. The van der Waals surface area contributed by atoms with Gasteiger partial charge in [-0.05, 0) is 61.6 Å². The standard InChI is InChI=1S/C23H25N3O3/c27-21(18-6-7-20-17(14-18)4-3-13-29-20)26-12-9-23(16-26)8-11-25(22(23)28)15-19-5-1-2-10-24-19/h1-2,5-7,10,14H,3-4,8-9,11-13,15-16H2. The minimum Gasteiger partial charge on any atom is -0.493 e. The van der Waals surface area contributed by atoms with E-state index in [1.54, 1.807) is 6.20 Å². The molecule has 0 saturated carbocycles. The number of pyridine rings is 1. The molecule has 29 heavy (non-hydrogen) atoms. The highest BCUT2D eigenvalue weighted by Gasteiger charge is 2.51. The van der Waals surface area contributed by atoms with Crippen LogP contribution in [-0.4, -0.2) is 52.8 Å². The molecule has 0 aliphatic carbocycles. The van der Waals surface area contributed by atoms with E-state index in [0.29, 0.717) is 25.2 Å². The molecule has 6 nitrogen and oxygen atoms in total. The first-order chi connectivity index (χ1) is 14.1. The van der Waals surface area contributed by atoms with Crippen LogP contribution >= 0.6 is 0 Å². The summed E-state index contributed by atoms with van der Waals surface area (Å²) in [5.41, 5.74) is 2.28. The van der Waals surface area contributed by atoms with Gasteiger partial charge in [-0.3, -0.25) is 14.6 Å². The van der Waals surface area contributed by atoms with Gasteiger partial charge in [0, 0.05) is 31.4 Å². The molecule has 1 atom stereocenters. The summed E-state index contributed by atoms with van der Waals surface area (Å²) in [7, 11) is 0. The zero-order valence-electron chi connectivity index (χ0n) is 16.5. The maximum atomic E-state index is 13.2. The average Bonchev–Trinajstić information content (AvgIpc) is 3.33. The third-order valence-electron chi connectivity index (χ3n) is 6.48. The van der Waals surface area contributed by atoms with Crippen molar-refractivity contribution in [3.63, 3.8) is 0 Å². The number of ether oxygens (including phenoxy) is 1. The molecule has 1 spiro atoms. The van der Waals surface area contributed by atoms with E-state index in [4.69, 9.17) is 4.74 Å². The second kappa shape index (κ2) is 7.17. The molecule has 4 heterocycles. The molecule has 2 fully saturated rings. The normalized spacial score (nSPS) is 23.4. The van der Waals surface area contributed by atoms with Crippen molar-refractivity contribution in [1.82, 2.24) is 14.8 Å². The van der Waals surface area contributed by atoms with Gasteiger partial charge in [-0.1, -0.05) is 6.07 Å². The zero-order chi connectivity index (χ0) is 19.8. The van der Waals surface area contributed by atoms with Crippen molar-refractivity contribution in [3.05, 3.63) is 59.4 Å². The summed E-state index contributed by atoms with van der Waals surface area (Å²) >= 11 is 0. The maximum absolute atomic E-state index is 13.2. The highest BCUT2D eigenvalue weighted by molar-refractivity contribution is 5.96. The first kappa shape index (κ1) is 18.2. The van der Waals surface area contributed by atoms with E-state index in [2.05, 4.69) is 4.98 Å². The lowest BCUT2D eigenvalue weighted by Crippen LogP contribution is -2.38. The molecule has 2 aromatic rings. The van der Waals surface area contributed by atoms with Crippen LogP contribution in [0.15, 0.2) is 42.6 Å². The van der Waals surface area contributed by atoms with Gasteiger partial charge >= 0.3 is 0 Å². The van der Waals surface area contributed by atoms with E-state index in [0.717, 1.165) is 55.8 Å². The second-order valence-corrected chi connectivity index (χ2v) is 8.33. The summed E-state index contributed by atoms with van der Waals surface area (Å²) in [5, 5.41) is 0. The Kier molecular flexibility index (Phi) is 4.49. The number of hydrogen-bond donors (Lipinski definition) is 0. The van der Waals surface area contributed by atoms with E-state index in [1.165, 1.54) is 0 Å². The van der Waals surface area contributed by atoms with Gasteiger partial charge in [0.25, 0.3) is 5.91 Å². The lowest BCUT2D eigenvalue weighted by Gasteiger charge is -2.24. The van der Waals surface area contributed by atoms with Crippen LogP contribution < -0.4 is 4.74 Å². The predicted octanol–water partition coefficient (Wildman–Crippen LogP) is 2.67. The molecule has 1 unspecified atom stereocenters. The van der Waals surface area contributed by atoms with Gasteiger partial charge in [-0.25, -0.2) is 0 Å². The largest absolute Gasteiger partial charge is 0.493 e. The van der Waals surface area contributed by atoms with Gasteiger partial charge in [0.1, 0.15) is 5.75 Å². The molecule has 6 heteroatoms. The fourth-order valence-electron chi connectivity index (χ4n) is 4.83. The van der Waals surface area contributed by atoms with Gasteiger partial charge in [-0.15, -0.1) is 0 Å². The third-order valence-corrected chi connectivity index (χ3v) is 6.48. The monoisotopic (exact) mass is 391 g/mol. The number of rotatable bonds is 3. The molecule has 3 aliphatic rings. The molecule has 2 amide bonds. The summed E-state index contributed by atoms with van der Waals surface area (Å²) in [6, 6.07) is 11.5. The van der Waals surface area contributed by atoms with E-state index in [1.807, 2.05) is 46.2 Å². The summed E-state index contributed by atoms with van der Waals surface area (Å²) < 4.78 is 5.65. The lowest BCUT2D eigenvalue weighted by atomic mass is 9.85. The fourth-order valence-corrected chi connectivity index (χ4v) is 4.83. The molecule has 0 bridgehead atoms. The van der Waals surface area contributed by atoms with Crippen LogP contribution in [0.2, 0.25) is 0 Å². The van der Waals surface area contributed by atoms with Crippen molar-refractivity contribution in [1.29, 1.82) is 0 Å². The molecule has 1 aromatic carbocycles. The van der Waals surface area contributed by atoms with E-state index >= 15 is 0 Å². The highest BCUT2D eigenvalue weighted by atomic mass is 16.5. The number of fused-ring (bicyclic) bond motifs is 1. The number of nitrogens with zero attached hydrogens (tertiary/aromatic N) is 3. The van der Waals surface area contributed by atoms with Gasteiger partial charge in [0.05, 0.1) is 24.3 Å². The zero-order valence-corrected chi connectivity index (χ0v) is 16.5. The van der Waals surface area contributed by atoms with Crippen LogP contribution in [0.3, 0.4) is 0 Å². The Morgan fingerprint density at radius 3 is 2.93 bits per heavy atom. The molecule has 1 aromatic heterocycles. The minimum atomic E-state index is -0.429. The van der Waals surface area contributed by atoms with Crippen LogP contribution in [0.1, 0.15) is 40.9 Å². The average molecular weight is 391 g/mol. The Morgan fingerprint density at radius 2 is 2.07 bits per heavy atom. The Labute approximate surface area is 170 Å². The maximum Gasteiger partial charge on any atom is 0.253 e. The predicted molar refractivity (Wildman–Crippen MR) is 107 cm³/mol. The molecule has 0 N–H and O–H groups in total. The summed E-state index contributed by atoms with van der Waals surface area (Å²) in [5.74, 6) is 1.07. The Morgan fingerprint density at radius 1 is 1.17 bits per heavy atom. The number of aromatic nitrogens is 1. The fraction of sp³-hybridized carbons (Fsp3) is 0.435. The summed E-state index contributed by atoms with van der Waals surface area (Å²) in [6.07, 6.45) is 5.23.